The molecule has 0 aliphatic heterocycles. The molecule has 7 heteroatoms. The summed E-state index contributed by atoms with van der Waals surface area (Å²) < 4.78 is 9.27. The third-order valence-corrected chi connectivity index (χ3v) is 5.19. The monoisotopic (exact) mass is 398 g/mol. The minimum absolute atomic E-state index is 0.817. The van der Waals surface area contributed by atoms with E-state index >= 15 is 0 Å². The van der Waals surface area contributed by atoms with E-state index in [1.165, 1.54) is 0 Å². The SMILES string of the molecule is COc1ccc(-c2cnn3c2nc(NCCCn2ccnc2)c2ccccc23)cc1. The highest BCUT2D eigenvalue weighted by Gasteiger charge is 2.14. The molecule has 3 aromatic heterocycles. The maximum Gasteiger partial charge on any atom is 0.165 e. The Kier molecular flexibility index (Phi) is 4.77. The Morgan fingerprint density at radius 2 is 1.93 bits per heavy atom. The van der Waals surface area contributed by atoms with Crippen LogP contribution in [0.1, 0.15) is 6.42 Å². The second-order valence-corrected chi connectivity index (χ2v) is 7.08. The van der Waals surface area contributed by atoms with Crippen LogP contribution in [-0.2, 0) is 6.54 Å². The molecule has 0 fully saturated rings. The Hall–Kier alpha value is -3.87. The van der Waals surface area contributed by atoms with Crippen molar-refractivity contribution in [1.29, 1.82) is 0 Å². The zero-order valence-corrected chi connectivity index (χ0v) is 16.7. The molecule has 0 radical (unpaired) electrons. The van der Waals surface area contributed by atoms with Crippen LogP contribution in [0.2, 0.25) is 0 Å². The molecule has 2 aromatic carbocycles. The number of imidazole rings is 1. The Bertz CT molecular complexity index is 1270. The normalized spacial score (nSPS) is 11.2. The number of aromatic nitrogens is 5. The van der Waals surface area contributed by atoms with Crippen LogP contribution in [0.3, 0.4) is 0 Å². The summed E-state index contributed by atoms with van der Waals surface area (Å²) in [5, 5.41) is 9.20. The fraction of sp³-hybridized carbons (Fsp3) is 0.174. The molecule has 7 nitrogen and oxygen atoms in total. The van der Waals surface area contributed by atoms with Gasteiger partial charge in [-0.1, -0.05) is 24.3 Å². The van der Waals surface area contributed by atoms with E-state index in [9.17, 15) is 0 Å². The molecule has 0 aliphatic rings. The van der Waals surface area contributed by atoms with Crippen molar-refractivity contribution in [2.75, 3.05) is 19.0 Å². The summed E-state index contributed by atoms with van der Waals surface area (Å²) in [5.74, 6) is 1.70. The Balaban J connectivity index is 1.50. The molecule has 5 aromatic rings. The molecule has 0 unspecified atom stereocenters. The molecule has 0 bridgehead atoms. The van der Waals surface area contributed by atoms with E-state index in [1.807, 2.05) is 59.6 Å². The smallest absolute Gasteiger partial charge is 0.165 e. The number of ether oxygens (including phenoxy) is 1. The van der Waals surface area contributed by atoms with E-state index in [1.54, 1.807) is 13.3 Å². The van der Waals surface area contributed by atoms with Crippen LogP contribution in [0.4, 0.5) is 5.82 Å². The summed E-state index contributed by atoms with van der Waals surface area (Å²) >= 11 is 0. The second kappa shape index (κ2) is 7.87. The maximum absolute atomic E-state index is 5.28. The fourth-order valence-corrected chi connectivity index (χ4v) is 3.65. The lowest BCUT2D eigenvalue weighted by molar-refractivity contribution is 0.415. The number of hydrogen-bond donors (Lipinski definition) is 1. The molecule has 3 heterocycles. The number of benzene rings is 2. The van der Waals surface area contributed by atoms with E-state index in [2.05, 4.69) is 32.1 Å². The largest absolute Gasteiger partial charge is 0.497 e. The molecule has 150 valence electrons. The highest BCUT2D eigenvalue weighted by Crippen LogP contribution is 2.30. The van der Waals surface area contributed by atoms with Gasteiger partial charge in [0.2, 0.25) is 0 Å². The van der Waals surface area contributed by atoms with Gasteiger partial charge in [0.25, 0.3) is 0 Å². The van der Waals surface area contributed by atoms with Crippen LogP contribution >= 0.6 is 0 Å². The van der Waals surface area contributed by atoms with Gasteiger partial charge in [0.15, 0.2) is 5.65 Å². The first kappa shape index (κ1) is 18.2. The third-order valence-electron chi connectivity index (χ3n) is 5.19. The van der Waals surface area contributed by atoms with Crippen LogP contribution in [0.15, 0.2) is 73.4 Å². The predicted molar refractivity (Wildman–Crippen MR) is 118 cm³/mol. The fourth-order valence-electron chi connectivity index (χ4n) is 3.65. The molecule has 5 rings (SSSR count). The molecule has 30 heavy (non-hydrogen) atoms. The first-order valence-electron chi connectivity index (χ1n) is 9.94. The summed E-state index contributed by atoms with van der Waals surface area (Å²) in [6, 6.07) is 16.2. The van der Waals surface area contributed by atoms with Gasteiger partial charge in [-0.15, -0.1) is 0 Å². The number of nitrogens with zero attached hydrogens (tertiary/aromatic N) is 5. The number of anilines is 1. The zero-order chi connectivity index (χ0) is 20.3. The molecule has 0 saturated heterocycles. The summed E-state index contributed by atoms with van der Waals surface area (Å²) in [6.45, 7) is 1.73. The van der Waals surface area contributed by atoms with Crippen molar-refractivity contribution < 1.29 is 4.74 Å². The number of methoxy groups -OCH3 is 1. The highest BCUT2D eigenvalue weighted by molar-refractivity contribution is 5.93. The Morgan fingerprint density at radius 3 is 2.73 bits per heavy atom. The molecule has 0 spiro atoms. The third kappa shape index (κ3) is 3.34. The van der Waals surface area contributed by atoms with E-state index in [0.29, 0.717) is 0 Å². The summed E-state index contributed by atoms with van der Waals surface area (Å²) in [4.78, 5) is 9.05. The molecule has 0 amide bonds. The Morgan fingerprint density at radius 1 is 1.07 bits per heavy atom. The standard InChI is InChI=1S/C23H22N6O/c1-30-18-9-7-17(8-10-18)20-15-26-29-21-6-3-2-5-19(21)22(27-23(20)29)25-11-4-13-28-14-12-24-16-28/h2-3,5-10,12,14-16H,4,11,13H2,1H3,(H,25,27). The predicted octanol–water partition coefficient (Wildman–Crippen LogP) is 4.26. The van der Waals surface area contributed by atoms with E-state index < -0.39 is 0 Å². The first-order valence-corrected chi connectivity index (χ1v) is 9.94. The molecule has 0 atom stereocenters. The van der Waals surface area contributed by atoms with Crippen molar-refractivity contribution in [2.45, 2.75) is 13.0 Å². The molecular formula is C23H22N6O. The number of aryl methyl sites for hydroxylation is 1. The lowest BCUT2D eigenvalue weighted by atomic mass is 10.1. The summed E-state index contributed by atoms with van der Waals surface area (Å²) in [7, 11) is 1.67. The average molecular weight is 398 g/mol. The van der Waals surface area contributed by atoms with Gasteiger partial charge in [-0.25, -0.2) is 14.5 Å². The Labute approximate surface area is 174 Å². The number of para-hydroxylation sites is 1. The van der Waals surface area contributed by atoms with E-state index in [0.717, 1.165) is 58.8 Å². The molecule has 0 saturated carbocycles. The minimum Gasteiger partial charge on any atom is -0.497 e. The second-order valence-electron chi connectivity index (χ2n) is 7.08. The van der Waals surface area contributed by atoms with Crippen molar-refractivity contribution in [1.82, 2.24) is 24.1 Å². The van der Waals surface area contributed by atoms with Crippen LogP contribution in [0.5, 0.6) is 5.75 Å². The van der Waals surface area contributed by atoms with E-state index in [4.69, 9.17) is 9.72 Å². The average Bonchev–Trinajstić information content (AvgIpc) is 3.47. The number of nitrogens with one attached hydrogen (secondary N) is 1. The maximum atomic E-state index is 5.28. The van der Waals surface area contributed by atoms with Crippen molar-refractivity contribution in [2.24, 2.45) is 0 Å². The lowest BCUT2D eigenvalue weighted by Crippen LogP contribution is -2.08. The number of hydrogen-bond acceptors (Lipinski definition) is 5. The van der Waals surface area contributed by atoms with Crippen molar-refractivity contribution in [3.63, 3.8) is 0 Å². The minimum atomic E-state index is 0.817. The van der Waals surface area contributed by atoms with Crippen molar-refractivity contribution in [3.05, 3.63) is 73.4 Å². The van der Waals surface area contributed by atoms with Crippen LogP contribution in [0.25, 0.3) is 27.7 Å². The number of fused-ring (bicyclic) bond motifs is 3. The van der Waals surface area contributed by atoms with Gasteiger partial charge in [-0.2, -0.15) is 5.10 Å². The lowest BCUT2D eigenvalue weighted by Gasteiger charge is -2.11. The summed E-state index contributed by atoms with van der Waals surface area (Å²) in [5.41, 5.74) is 3.90. The zero-order valence-electron chi connectivity index (χ0n) is 16.7. The van der Waals surface area contributed by atoms with Crippen LogP contribution < -0.4 is 10.1 Å². The van der Waals surface area contributed by atoms with Crippen LogP contribution in [-0.4, -0.2) is 37.8 Å². The summed E-state index contributed by atoms with van der Waals surface area (Å²) in [6.07, 6.45) is 8.47. The van der Waals surface area contributed by atoms with Gasteiger partial charge in [0.05, 0.1) is 25.2 Å². The first-order chi connectivity index (χ1) is 14.8. The van der Waals surface area contributed by atoms with Gasteiger partial charge >= 0.3 is 0 Å². The van der Waals surface area contributed by atoms with Gasteiger partial charge < -0.3 is 14.6 Å². The topological polar surface area (TPSA) is 69.3 Å². The van der Waals surface area contributed by atoms with Gasteiger partial charge in [-0.3, -0.25) is 0 Å². The van der Waals surface area contributed by atoms with Gasteiger partial charge in [0, 0.05) is 36.4 Å². The quantitative estimate of drug-likeness (QED) is 0.415. The van der Waals surface area contributed by atoms with Gasteiger partial charge in [0.1, 0.15) is 11.6 Å². The van der Waals surface area contributed by atoms with E-state index in [-0.39, 0.29) is 0 Å². The van der Waals surface area contributed by atoms with Crippen molar-refractivity contribution in [3.8, 4) is 16.9 Å². The number of rotatable bonds is 7. The van der Waals surface area contributed by atoms with Crippen molar-refractivity contribution >= 4 is 22.4 Å². The highest BCUT2D eigenvalue weighted by atomic mass is 16.5. The van der Waals surface area contributed by atoms with Crippen LogP contribution in [0, 0.1) is 0 Å². The molecule has 1 N–H and O–H groups in total. The molecule has 0 aliphatic carbocycles. The van der Waals surface area contributed by atoms with Gasteiger partial charge in [-0.05, 0) is 36.2 Å². The molecular weight excluding hydrogens is 376 g/mol.